The minimum absolute atomic E-state index is 0.0641. The summed E-state index contributed by atoms with van der Waals surface area (Å²) in [4.78, 5) is 28.3. The first-order valence-electron chi connectivity index (χ1n) is 7.64. The highest BCUT2D eigenvalue weighted by atomic mass is 16.5. The Labute approximate surface area is 119 Å². The summed E-state index contributed by atoms with van der Waals surface area (Å²) in [7, 11) is 0. The number of rotatable bonds is 4. The van der Waals surface area contributed by atoms with Gasteiger partial charge in [-0.2, -0.15) is 0 Å². The van der Waals surface area contributed by atoms with Crippen LogP contribution in [0.4, 0.5) is 0 Å². The second-order valence-corrected chi connectivity index (χ2v) is 5.91. The normalized spacial score (nSPS) is 27.6. The highest BCUT2D eigenvalue weighted by Gasteiger charge is 2.35. The molecule has 2 amide bonds. The van der Waals surface area contributed by atoms with E-state index in [0.717, 1.165) is 32.2 Å². The zero-order valence-corrected chi connectivity index (χ0v) is 11.8. The summed E-state index contributed by atoms with van der Waals surface area (Å²) >= 11 is 0. The summed E-state index contributed by atoms with van der Waals surface area (Å²) in [6.07, 6.45) is 4.06. The molecule has 112 valence electrons. The van der Waals surface area contributed by atoms with Crippen LogP contribution in [0.15, 0.2) is 0 Å². The molecule has 1 N–H and O–H groups in total. The van der Waals surface area contributed by atoms with Gasteiger partial charge in [0.15, 0.2) is 0 Å². The number of carbonyl (C=O) groups excluding carboxylic acids is 2. The number of likely N-dealkylation sites (tertiary alicyclic amines) is 1. The van der Waals surface area contributed by atoms with Crippen molar-refractivity contribution in [3.63, 3.8) is 0 Å². The second kappa shape index (κ2) is 6.10. The predicted octanol–water partition coefficient (Wildman–Crippen LogP) is -0.412. The van der Waals surface area contributed by atoms with E-state index in [1.807, 2.05) is 9.80 Å². The standard InChI is InChI=1S/C14H23N3O3/c18-13(15-11-3-4-11)10-17-5-1-2-12(17)14(19)16-6-8-20-9-7-16/h11-12H,1-10H2,(H,15,18)/t12-/m0/s1. The molecule has 6 nitrogen and oxygen atoms in total. The van der Waals surface area contributed by atoms with Crippen molar-refractivity contribution in [3.05, 3.63) is 0 Å². The summed E-state index contributed by atoms with van der Waals surface area (Å²) in [6, 6.07) is 0.275. The van der Waals surface area contributed by atoms with Crippen LogP contribution in [0.25, 0.3) is 0 Å². The van der Waals surface area contributed by atoms with E-state index in [4.69, 9.17) is 4.74 Å². The smallest absolute Gasteiger partial charge is 0.240 e. The number of nitrogens with one attached hydrogen (secondary N) is 1. The number of morpholine rings is 1. The van der Waals surface area contributed by atoms with Gasteiger partial charge in [-0.25, -0.2) is 0 Å². The molecule has 20 heavy (non-hydrogen) atoms. The Morgan fingerprint density at radius 1 is 1.10 bits per heavy atom. The summed E-state index contributed by atoms with van der Waals surface area (Å²) < 4.78 is 5.28. The van der Waals surface area contributed by atoms with Crippen LogP contribution in [0.1, 0.15) is 25.7 Å². The van der Waals surface area contributed by atoms with E-state index in [-0.39, 0.29) is 17.9 Å². The molecular weight excluding hydrogens is 258 g/mol. The fourth-order valence-corrected chi connectivity index (χ4v) is 2.97. The van der Waals surface area contributed by atoms with E-state index in [2.05, 4.69) is 5.32 Å². The van der Waals surface area contributed by atoms with Gasteiger partial charge in [0, 0.05) is 19.1 Å². The number of ether oxygens (including phenoxy) is 1. The van der Waals surface area contributed by atoms with Crippen LogP contribution in [0.3, 0.4) is 0 Å². The third-order valence-corrected chi connectivity index (χ3v) is 4.26. The van der Waals surface area contributed by atoms with Gasteiger partial charge in [0.1, 0.15) is 0 Å². The first kappa shape index (κ1) is 13.8. The van der Waals surface area contributed by atoms with Crippen LogP contribution in [0.5, 0.6) is 0 Å². The van der Waals surface area contributed by atoms with Crippen LogP contribution < -0.4 is 5.32 Å². The summed E-state index contributed by atoms with van der Waals surface area (Å²) in [6.45, 7) is 3.81. The molecule has 0 radical (unpaired) electrons. The molecule has 1 aliphatic carbocycles. The topological polar surface area (TPSA) is 61.9 Å². The molecule has 3 rings (SSSR count). The molecule has 0 aromatic heterocycles. The molecule has 1 atom stereocenters. The Morgan fingerprint density at radius 3 is 2.55 bits per heavy atom. The number of carbonyl (C=O) groups is 2. The first-order chi connectivity index (χ1) is 9.74. The summed E-state index contributed by atoms with van der Waals surface area (Å²) in [5.41, 5.74) is 0. The molecule has 0 spiro atoms. The number of hydrogen-bond acceptors (Lipinski definition) is 4. The quantitative estimate of drug-likeness (QED) is 0.761. The third kappa shape index (κ3) is 3.30. The van der Waals surface area contributed by atoms with Gasteiger partial charge < -0.3 is 15.0 Å². The van der Waals surface area contributed by atoms with E-state index in [1.54, 1.807) is 0 Å². The van der Waals surface area contributed by atoms with Crippen molar-refractivity contribution < 1.29 is 14.3 Å². The maximum absolute atomic E-state index is 12.5. The molecule has 2 aliphatic heterocycles. The van der Waals surface area contributed by atoms with Crippen molar-refractivity contribution in [1.82, 2.24) is 15.1 Å². The lowest BCUT2D eigenvalue weighted by molar-refractivity contribution is -0.140. The summed E-state index contributed by atoms with van der Waals surface area (Å²) in [5, 5.41) is 2.99. The average molecular weight is 281 g/mol. The zero-order valence-electron chi connectivity index (χ0n) is 11.8. The average Bonchev–Trinajstić information content (AvgIpc) is 3.15. The molecule has 0 aromatic rings. The minimum Gasteiger partial charge on any atom is -0.378 e. The number of amides is 2. The van der Waals surface area contributed by atoms with Gasteiger partial charge in [-0.05, 0) is 32.2 Å². The van der Waals surface area contributed by atoms with Crippen molar-refractivity contribution in [1.29, 1.82) is 0 Å². The van der Waals surface area contributed by atoms with Crippen LogP contribution in [0.2, 0.25) is 0 Å². The summed E-state index contributed by atoms with van der Waals surface area (Å²) in [5.74, 6) is 0.235. The Balaban J connectivity index is 1.53. The molecule has 2 heterocycles. The number of hydrogen-bond donors (Lipinski definition) is 1. The van der Waals surface area contributed by atoms with Crippen molar-refractivity contribution in [2.75, 3.05) is 39.4 Å². The zero-order chi connectivity index (χ0) is 13.9. The van der Waals surface area contributed by atoms with Gasteiger partial charge in [-0.1, -0.05) is 0 Å². The van der Waals surface area contributed by atoms with Crippen molar-refractivity contribution in [2.45, 2.75) is 37.8 Å². The molecule has 2 saturated heterocycles. The third-order valence-electron chi connectivity index (χ3n) is 4.26. The molecule has 0 aromatic carbocycles. The van der Waals surface area contributed by atoms with Crippen LogP contribution in [-0.4, -0.2) is 73.1 Å². The Morgan fingerprint density at radius 2 is 1.85 bits per heavy atom. The van der Waals surface area contributed by atoms with Crippen molar-refractivity contribution in [3.8, 4) is 0 Å². The van der Waals surface area contributed by atoms with Crippen molar-refractivity contribution >= 4 is 11.8 Å². The lowest BCUT2D eigenvalue weighted by Gasteiger charge is -2.32. The van der Waals surface area contributed by atoms with Gasteiger partial charge in [-0.3, -0.25) is 14.5 Å². The molecule has 3 fully saturated rings. The second-order valence-electron chi connectivity index (χ2n) is 5.91. The van der Waals surface area contributed by atoms with Gasteiger partial charge in [0.05, 0.1) is 25.8 Å². The van der Waals surface area contributed by atoms with E-state index in [0.29, 0.717) is 38.9 Å². The fourth-order valence-electron chi connectivity index (χ4n) is 2.97. The highest BCUT2D eigenvalue weighted by Crippen LogP contribution is 2.21. The lowest BCUT2D eigenvalue weighted by Crippen LogP contribution is -2.51. The Hall–Kier alpha value is -1.14. The van der Waals surface area contributed by atoms with Gasteiger partial charge in [-0.15, -0.1) is 0 Å². The van der Waals surface area contributed by atoms with Crippen LogP contribution in [-0.2, 0) is 14.3 Å². The SMILES string of the molecule is O=C(CN1CCC[C@H]1C(=O)N1CCOCC1)NC1CC1. The maximum atomic E-state index is 12.5. The van der Waals surface area contributed by atoms with E-state index < -0.39 is 0 Å². The molecular formula is C14H23N3O3. The van der Waals surface area contributed by atoms with Gasteiger partial charge in [0.2, 0.25) is 11.8 Å². The Bertz CT molecular complexity index is 378. The maximum Gasteiger partial charge on any atom is 0.240 e. The fraction of sp³-hybridized carbons (Fsp3) is 0.857. The predicted molar refractivity (Wildman–Crippen MR) is 73.2 cm³/mol. The molecule has 0 bridgehead atoms. The monoisotopic (exact) mass is 281 g/mol. The van der Waals surface area contributed by atoms with Crippen molar-refractivity contribution in [2.24, 2.45) is 0 Å². The largest absolute Gasteiger partial charge is 0.378 e. The van der Waals surface area contributed by atoms with Gasteiger partial charge in [0.25, 0.3) is 0 Å². The minimum atomic E-state index is -0.113. The van der Waals surface area contributed by atoms with E-state index in [9.17, 15) is 9.59 Å². The molecule has 0 unspecified atom stereocenters. The molecule has 1 saturated carbocycles. The van der Waals surface area contributed by atoms with Crippen LogP contribution in [0, 0.1) is 0 Å². The molecule has 3 aliphatic rings. The molecule has 6 heteroatoms. The van der Waals surface area contributed by atoms with Gasteiger partial charge >= 0.3 is 0 Å². The van der Waals surface area contributed by atoms with E-state index >= 15 is 0 Å². The highest BCUT2D eigenvalue weighted by molar-refractivity contribution is 5.84. The number of nitrogens with zero attached hydrogens (tertiary/aromatic N) is 2. The van der Waals surface area contributed by atoms with Crippen LogP contribution >= 0.6 is 0 Å². The lowest BCUT2D eigenvalue weighted by atomic mass is 10.2. The Kier molecular flexibility index (Phi) is 4.21. The van der Waals surface area contributed by atoms with E-state index in [1.165, 1.54) is 0 Å². The first-order valence-corrected chi connectivity index (χ1v) is 7.64.